The Labute approximate surface area is 123 Å². The van der Waals surface area contributed by atoms with Gasteiger partial charge in [-0.25, -0.2) is 10.8 Å². The van der Waals surface area contributed by atoms with Crippen molar-refractivity contribution in [1.82, 2.24) is 14.9 Å². The maximum atomic E-state index is 5.45. The van der Waals surface area contributed by atoms with Gasteiger partial charge >= 0.3 is 0 Å². The van der Waals surface area contributed by atoms with Crippen LogP contribution in [-0.4, -0.2) is 41.5 Å². The van der Waals surface area contributed by atoms with E-state index >= 15 is 0 Å². The number of nitrogens with zero attached hydrogens (tertiary/aromatic N) is 3. The Kier molecular flexibility index (Phi) is 4.74. The number of hydrogen-bond acceptors (Lipinski definition) is 7. The molecule has 0 bridgehead atoms. The number of nitrogen functional groups attached to an aromatic ring is 1. The molecule has 0 saturated heterocycles. The number of nitrogens with two attached hydrogens (primary N) is 1. The molecule has 2 aromatic heterocycles. The number of hydrazine groups is 1. The molecule has 0 radical (unpaired) electrons. The summed E-state index contributed by atoms with van der Waals surface area (Å²) in [5, 5.41) is 4.47. The summed E-state index contributed by atoms with van der Waals surface area (Å²) in [6.07, 6.45) is 1.000. The van der Waals surface area contributed by atoms with E-state index in [1.165, 1.54) is 4.88 Å². The molecule has 7 heteroatoms. The van der Waals surface area contributed by atoms with Gasteiger partial charge in [-0.2, -0.15) is 4.98 Å². The number of aryl methyl sites for hydroxylation is 1. The summed E-state index contributed by atoms with van der Waals surface area (Å²) in [5.74, 6) is 6.73. The van der Waals surface area contributed by atoms with Gasteiger partial charge in [-0.1, -0.05) is 6.92 Å². The third-order valence-electron chi connectivity index (χ3n) is 3.37. The number of hydrogen-bond donors (Lipinski definition) is 3. The average molecular weight is 294 g/mol. The molecule has 110 valence electrons. The first-order valence-corrected chi connectivity index (χ1v) is 7.54. The fourth-order valence-corrected chi connectivity index (χ4v) is 2.74. The standard InChI is InChI=1S/C13H22N6S/c1-5-9-6-10-11(15-7-8(2)19(3)4)16-13(18-14)17-12(10)20-9/h6,8H,5,7,14H2,1-4H3,(H2,15,16,17,18). The number of fused-ring (bicyclic) bond motifs is 1. The monoisotopic (exact) mass is 294 g/mol. The molecule has 0 spiro atoms. The van der Waals surface area contributed by atoms with Crippen LogP contribution in [0.15, 0.2) is 6.07 Å². The van der Waals surface area contributed by atoms with Crippen LogP contribution in [-0.2, 0) is 6.42 Å². The van der Waals surface area contributed by atoms with E-state index < -0.39 is 0 Å². The number of aromatic nitrogens is 2. The van der Waals surface area contributed by atoms with Gasteiger partial charge in [-0.05, 0) is 33.5 Å². The van der Waals surface area contributed by atoms with Gasteiger partial charge in [-0.3, -0.25) is 5.43 Å². The van der Waals surface area contributed by atoms with Gasteiger partial charge in [0.15, 0.2) is 0 Å². The van der Waals surface area contributed by atoms with Crippen LogP contribution in [0.2, 0.25) is 0 Å². The summed E-state index contributed by atoms with van der Waals surface area (Å²) in [6.45, 7) is 5.13. The fraction of sp³-hybridized carbons (Fsp3) is 0.538. The van der Waals surface area contributed by atoms with Crippen molar-refractivity contribution in [1.29, 1.82) is 0 Å². The minimum Gasteiger partial charge on any atom is -0.368 e. The highest BCUT2D eigenvalue weighted by Crippen LogP contribution is 2.30. The summed E-state index contributed by atoms with van der Waals surface area (Å²) in [7, 11) is 4.13. The minimum atomic E-state index is 0.415. The maximum Gasteiger partial charge on any atom is 0.240 e. The van der Waals surface area contributed by atoms with Crippen molar-refractivity contribution in [2.45, 2.75) is 26.3 Å². The average Bonchev–Trinajstić information content (AvgIpc) is 2.86. The molecule has 2 rings (SSSR count). The molecule has 2 heterocycles. The Morgan fingerprint density at radius 1 is 1.40 bits per heavy atom. The van der Waals surface area contributed by atoms with E-state index in [2.05, 4.69) is 59.6 Å². The van der Waals surface area contributed by atoms with E-state index in [-0.39, 0.29) is 0 Å². The molecule has 0 aliphatic carbocycles. The number of anilines is 2. The third-order valence-corrected chi connectivity index (χ3v) is 4.54. The lowest BCUT2D eigenvalue weighted by atomic mass is 10.3. The topological polar surface area (TPSA) is 79.1 Å². The van der Waals surface area contributed by atoms with Crippen LogP contribution in [0.25, 0.3) is 10.2 Å². The van der Waals surface area contributed by atoms with Crippen LogP contribution in [0.4, 0.5) is 11.8 Å². The van der Waals surface area contributed by atoms with Gasteiger partial charge in [0.05, 0.1) is 5.39 Å². The lowest BCUT2D eigenvalue weighted by molar-refractivity contribution is 0.326. The zero-order chi connectivity index (χ0) is 14.7. The SMILES string of the molecule is CCc1cc2c(NCC(C)N(C)C)nc(NN)nc2s1. The van der Waals surface area contributed by atoms with Gasteiger partial charge < -0.3 is 10.2 Å². The molecule has 0 aromatic carbocycles. The molecule has 1 unspecified atom stereocenters. The van der Waals surface area contributed by atoms with Crippen molar-refractivity contribution in [3.05, 3.63) is 10.9 Å². The second kappa shape index (κ2) is 6.34. The molecule has 6 nitrogen and oxygen atoms in total. The fourth-order valence-electron chi connectivity index (χ4n) is 1.77. The summed E-state index contributed by atoms with van der Waals surface area (Å²) in [5.41, 5.74) is 2.53. The lowest BCUT2D eigenvalue weighted by Gasteiger charge is -2.20. The van der Waals surface area contributed by atoms with Crippen LogP contribution in [0.1, 0.15) is 18.7 Å². The molecule has 0 amide bonds. The van der Waals surface area contributed by atoms with Crippen molar-refractivity contribution in [2.24, 2.45) is 5.84 Å². The van der Waals surface area contributed by atoms with Crippen LogP contribution in [0.5, 0.6) is 0 Å². The predicted molar refractivity (Wildman–Crippen MR) is 86.2 cm³/mol. The van der Waals surface area contributed by atoms with E-state index in [9.17, 15) is 0 Å². The Morgan fingerprint density at radius 2 is 2.15 bits per heavy atom. The highest BCUT2D eigenvalue weighted by Gasteiger charge is 2.12. The number of rotatable bonds is 6. The summed E-state index contributed by atoms with van der Waals surface area (Å²) in [6, 6.07) is 2.57. The van der Waals surface area contributed by atoms with Crippen molar-refractivity contribution < 1.29 is 0 Å². The molecule has 20 heavy (non-hydrogen) atoms. The second-order valence-corrected chi connectivity index (χ2v) is 6.13. The molecule has 0 aliphatic rings. The Balaban J connectivity index is 2.32. The number of likely N-dealkylation sites (N-methyl/N-ethyl adjacent to an activating group) is 1. The van der Waals surface area contributed by atoms with E-state index in [0.29, 0.717) is 12.0 Å². The van der Waals surface area contributed by atoms with Gasteiger partial charge in [0.25, 0.3) is 0 Å². The van der Waals surface area contributed by atoms with Crippen molar-refractivity contribution in [3.8, 4) is 0 Å². The second-order valence-electron chi connectivity index (χ2n) is 5.02. The van der Waals surface area contributed by atoms with Gasteiger partial charge in [-0.15, -0.1) is 11.3 Å². The third kappa shape index (κ3) is 3.17. The van der Waals surface area contributed by atoms with E-state index in [1.807, 2.05) is 0 Å². The number of thiophene rings is 1. The van der Waals surface area contributed by atoms with E-state index in [1.54, 1.807) is 11.3 Å². The quantitative estimate of drug-likeness (QED) is 0.558. The zero-order valence-electron chi connectivity index (χ0n) is 12.4. The molecule has 1 atom stereocenters. The lowest BCUT2D eigenvalue weighted by Crippen LogP contribution is -2.31. The first kappa shape index (κ1) is 15.0. The van der Waals surface area contributed by atoms with E-state index in [4.69, 9.17) is 5.84 Å². The smallest absolute Gasteiger partial charge is 0.240 e. The van der Waals surface area contributed by atoms with Crippen LogP contribution >= 0.6 is 11.3 Å². The molecule has 4 N–H and O–H groups in total. The van der Waals surface area contributed by atoms with Crippen molar-refractivity contribution in [2.75, 3.05) is 31.4 Å². The Hall–Kier alpha value is -1.44. The first-order valence-electron chi connectivity index (χ1n) is 6.72. The van der Waals surface area contributed by atoms with Crippen molar-refractivity contribution in [3.63, 3.8) is 0 Å². The van der Waals surface area contributed by atoms with Crippen LogP contribution in [0.3, 0.4) is 0 Å². The first-order chi connectivity index (χ1) is 9.55. The number of nitrogens with one attached hydrogen (secondary N) is 2. The van der Waals surface area contributed by atoms with E-state index in [0.717, 1.165) is 29.0 Å². The molecule has 2 aromatic rings. The van der Waals surface area contributed by atoms with Gasteiger partial charge in [0.2, 0.25) is 5.95 Å². The summed E-state index contributed by atoms with van der Waals surface area (Å²) < 4.78 is 0. The summed E-state index contributed by atoms with van der Waals surface area (Å²) in [4.78, 5) is 13.3. The Morgan fingerprint density at radius 3 is 2.75 bits per heavy atom. The Bertz CT molecular complexity index is 579. The largest absolute Gasteiger partial charge is 0.368 e. The minimum absolute atomic E-state index is 0.415. The van der Waals surface area contributed by atoms with Gasteiger partial charge in [0.1, 0.15) is 10.6 Å². The molecule has 0 saturated carbocycles. The highest BCUT2D eigenvalue weighted by molar-refractivity contribution is 7.18. The molecule has 0 fully saturated rings. The van der Waals surface area contributed by atoms with Crippen LogP contribution < -0.4 is 16.6 Å². The zero-order valence-corrected chi connectivity index (χ0v) is 13.2. The predicted octanol–water partition coefficient (Wildman–Crippen LogP) is 1.90. The molecular formula is C13H22N6S. The maximum absolute atomic E-state index is 5.45. The normalized spacial score (nSPS) is 12.9. The van der Waals surface area contributed by atoms with Crippen LogP contribution in [0, 0.1) is 0 Å². The van der Waals surface area contributed by atoms with Gasteiger partial charge in [0, 0.05) is 17.5 Å². The highest BCUT2D eigenvalue weighted by atomic mass is 32.1. The summed E-state index contributed by atoms with van der Waals surface area (Å²) >= 11 is 1.68. The molecular weight excluding hydrogens is 272 g/mol. The van der Waals surface area contributed by atoms with Crippen molar-refractivity contribution >= 4 is 33.3 Å². The molecule has 0 aliphatic heterocycles.